The van der Waals surface area contributed by atoms with Crippen LogP contribution in [0.15, 0.2) is 63.6 Å². The zero-order valence-corrected chi connectivity index (χ0v) is 14.2. The Kier molecular flexibility index (Phi) is 3.71. The van der Waals surface area contributed by atoms with Crippen LogP contribution in [0.4, 0.5) is 0 Å². The number of carbonyl (C=O) groups is 1. The highest BCUT2D eigenvalue weighted by molar-refractivity contribution is 7.93. The molecular weight excluding hydrogens is 352 g/mol. The van der Waals surface area contributed by atoms with Crippen molar-refractivity contribution < 1.29 is 17.7 Å². The lowest BCUT2D eigenvalue weighted by molar-refractivity contribution is 0.0991. The minimum absolute atomic E-state index is 0.0829. The number of sulfone groups is 1. The van der Waals surface area contributed by atoms with Crippen LogP contribution in [-0.2, 0) is 9.84 Å². The van der Waals surface area contributed by atoms with Crippen molar-refractivity contribution >= 4 is 27.3 Å². The van der Waals surface area contributed by atoms with Crippen LogP contribution < -0.4 is 10.6 Å². The highest BCUT2D eigenvalue weighted by Gasteiger charge is 2.37. The van der Waals surface area contributed by atoms with E-state index >= 15 is 0 Å². The van der Waals surface area contributed by atoms with Gasteiger partial charge in [0, 0.05) is 0 Å². The Labute approximate surface area is 149 Å². The van der Waals surface area contributed by atoms with Gasteiger partial charge >= 0.3 is 0 Å². The summed E-state index contributed by atoms with van der Waals surface area (Å²) in [4.78, 5) is 12.8. The second-order valence-corrected chi connectivity index (χ2v) is 7.91. The van der Waals surface area contributed by atoms with Crippen LogP contribution in [0.5, 0.6) is 0 Å². The van der Waals surface area contributed by atoms with Crippen molar-refractivity contribution in [2.24, 2.45) is 0 Å². The summed E-state index contributed by atoms with van der Waals surface area (Å²) in [6, 6.07) is 9.07. The first-order chi connectivity index (χ1) is 12.5. The van der Waals surface area contributed by atoms with Gasteiger partial charge in [0.1, 0.15) is 0 Å². The van der Waals surface area contributed by atoms with Crippen molar-refractivity contribution in [2.75, 3.05) is 0 Å². The fourth-order valence-corrected chi connectivity index (χ4v) is 4.44. The lowest BCUT2D eigenvalue weighted by atomic mass is 9.99. The van der Waals surface area contributed by atoms with Gasteiger partial charge in [0.05, 0.1) is 16.2 Å². The summed E-state index contributed by atoms with van der Waals surface area (Å²) >= 11 is 0. The number of nitrogens with zero attached hydrogens (tertiary/aromatic N) is 2. The van der Waals surface area contributed by atoms with Gasteiger partial charge in [-0.3, -0.25) is 4.79 Å². The maximum atomic E-state index is 12.9. The number of fused-ring (bicyclic) bond motifs is 2. The summed E-state index contributed by atoms with van der Waals surface area (Å²) in [5, 5.41) is 11.8. The summed E-state index contributed by atoms with van der Waals surface area (Å²) in [6.07, 6.45) is 8.04. The smallest absolute Gasteiger partial charge is 0.218 e. The largest absolute Gasteiger partial charge is 0.356 e. The quantitative estimate of drug-likeness (QED) is 0.752. The summed E-state index contributed by atoms with van der Waals surface area (Å²) in [5.41, 5.74) is 2.04. The van der Waals surface area contributed by atoms with E-state index in [2.05, 4.69) is 5.16 Å². The fourth-order valence-electron chi connectivity index (χ4n) is 3.10. The van der Waals surface area contributed by atoms with Gasteiger partial charge in [-0.05, 0) is 35.8 Å². The second kappa shape index (κ2) is 5.93. The van der Waals surface area contributed by atoms with E-state index in [1.807, 2.05) is 18.2 Å². The SMILES string of the molecule is N#CC(C(=O)c1noc2c1=C1CC=CC=C1C=2)S(=O)(=O)c1ccccc1. The first-order valence-electron chi connectivity index (χ1n) is 7.84. The summed E-state index contributed by atoms with van der Waals surface area (Å²) in [6.45, 7) is 0. The number of Topliss-reactive ketones (excluding diaryl/α,β-unsaturated/α-hetero) is 1. The summed E-state index contributed by atoms with van der Waals surface area (Å²) in [5.74, 6) is -0.877. The number of carbonyl (C=O) groups excluding carboxylic acids is 1. The van der Waals surface area contributed by atoms with Crippen LogP contribution in [0.2, 0.25) is 0 Å². The number of benzene rings is 1. The van der Waals surface area contributed by atoms with E-state index in [-0.39, 0.29) is 10.6 Å². The van der Waals surface area contributed by atoms with Gasteiger partial charge in [0.25, 0.3) is 0 Å². The van der Waals surface area contributed by atoms with Crippen LogP contribution in [0.1, 0.15) is 16.9 Å². The summed E-state index contributed by atoms with van der Waals surface area (Å²) < 4.78 is 30.7. The van der Waals surface area contributed by atoms with Gasteiger partial charge in [0.15, 0.2) is 11.1 Å². The van der Waals surface area contributed by atoms with E-state index < -0.39 is 20.9 Å². The monoisotopic (exact) mass is 364 g/mol. The van der Waals surface area contributed by atoms with Gasteiger partial charge < -0.3 is 4.52 Å². The van der Waals surface area contributed by atoms with Crippen LogP contribution >= 0.6 is 0 Å². The molecule has 4 rings (SSSR count). The van der Waals surface area contributed by atoms with E-state index in [0.717, 1.165) is 11.1 Å². The third-order valence-corrected chi connectivity index (χ3v) is 6.23. The molecule has 0 bridgehead atoms. The highest BCUT2D eigenvalue weighted by atomic mass is 32.2. The number of hydrogen-bond acceptors (Lipinski definition) is 6. The average Bonchev–Trinajstić information content (AvgIpc) is 3.22. The molecule has 7 heteroatoms. The Morgan fingerprint density at radius 2 is 2.04 bits per heavy atom. The minimum atomic E-state index is -4.16. The molecule has 2 aromatic rings. The van der Waals surface area contributed by atoms with Gasteiger partial charge in [-0.2, -0.15) is 5.26 Å². The molecule has 2 aliphatic carbocycles. The number of aromatic nitrogens is 1. The first-order valence-corrected chi connectivity index (χ1v) is 9.39. The lowest BCUT2D eigenvalue weighted by Crippen LogP contribution is -2.34. The molecule has 2 aliphatic rings. The van der Waals surface area contributed by atoms with Crippen LogP contribution in [0, 0.1) is 11.3 Å². The highest BCUT2D eigenvalue weighted by Crippen LogP contribution is 2.24. The summed E-state index contributed by atoms with van der Waals surface area (Å²) in [7, 11) is -4.16. The van der Waals surface area contributed by atoms with E-state index in [1.165, 1.54) is 24.3 Å². The Morgan fingerprint density at radius 1 is 1.27 bits per heavy atom. The van der Waals surface area contributed by atoms with E-state index in [0.29, 0.717) is 17.1 Å². The van der Waals surface area contributed by atoms with Crippen molar-refractivity contribution in [2.45, 2.75) is 16.6 Å². The van der Waals surface area contributed by atoms with Gasteiger partial charge in [-0.25, -0.2) is 8.42 Å². The lowest BCUT2D eigenvalue weighted by Gasteiger charge is -2.09. The molecular formula is C19H12N2O4S. The molecule has 0 saturated heterocycles. The first kappa shape index (κ1) is 16.2. The molecule has 0 fully saturated rings. The molecule has 0 radical (unpaired) electrons. The Hall–Kier alpha value is -3.24. The Bertz CT molecular complexity index is 1240. The normalized spacial score (nSPS) is 16.1. The number of allylic oxidation sites excluding steroid dienone is 4. The van der Waals surface area contributed by atoms with Crippen LogP contribution in [0.25, 0.3) is 11.6 Å². The van der Waals surface area contributed by atoms with Crippen molar-refractivity contribution in [3.05, 3.63) is 70.5 Å². The molecule has 0 aliphatic heterocycles. The fraction of sp³-hybridized carbons (Fsp3) is 0.105. The molecule has 0 spiro atoms. The van der Waals surface area contributed by atoms with E-state index in [4.69, 9.17) is 4.52 Å². The maximum Gasteiger partial charge on any atom is 0.218 e. The van der Waals surface area contributed by atoms with Gasteiger partial charge in [-0.15, -0.1) is 0 Å². The zero-order valence-electron chi connectivity index (χ0n) is 13.4. The maximum absolute atomic E-state index is 12.9. The third-order valence-electron chi connectivity index (χ3n) is 4.36. The van der Waals surface area contributed by atoms with Gasteiger partial charge in [0.2, 0.25) is 20.9 Å². The van der Waals surface area contributed by atoms with Crippen molar-refractivity contribution in [3.63, 3.8) is 0 Å². The number of rotatable bonds is 4. The Morgan fingerprint density at radius 3 is 2.77 bits per heavy atom. The topological polar surface area (TPSA) is 101 Å². The molecule has 1 atom stereocenters. The number of ketones is 1. The predicted octanol–water partition coefficient (Wildman–Crippen LogP) is 1.05. The minimum Gasteiger partial charge on any atom is -0.356 e. The molecule has 26 heavy (non-hydrogen) atoms. The molecule has 128 valence electrons. The molecule has 6 nitrogen and oxygen atoms in total. The zero-order chi connectivity index (χ0) is 18.3. The van der Waals surface area contributed by atoms with Crippen molar-refractivity contribution in [1.29, 1.82) is 5.26 Å². The van der Waals surface area contributed by atoms with Crippen LogP contribution in [0.3, 0.4) is 0 Å². The van der Waals surface area contributed by atoms with E-state index in [9.17, 15) is 18.5 Å². The molecule has 1 aromatic heterocycles. The van der Waals surface area contributed by atoms with Crippen LogP contribution in [-0.4, -0.2) is 24.6 Å². The molecule has 0 amide bonds. The Balaban J connectivity index is 1.84. The standard InChI is InChI=1S/C19H12N2O4S/c20-11-16(26(23,24)13-7-2-1-3-8-13)19(22)18-17-14-9-5-4-6-12(14)10-15(17)25-21-18/h1-8,10,16H,9H2. The molecule has 0 saturated carbocycles. The number of nitriles is 1. The third kappa shape index (κ3) is 2.35. The molecule has 0 N–H and O–H groups in total. The predicted molar refractivity (Wildman–Crippen MR) is 92.8 cm³/mol. The molecule has 1 unspecified atom stereocenters. The average molecular weight is 364 g/mol. The van der Waals surface area contributed by atoms with Crippen molar-refractivity contribution in [3.8, 4) is 6.07 Å². The second-order valence-electron chi connectivity index (χ2n) is 5.88. The van der Waals surface area contributed by atoms with E-state index in [1.54, 1.807) is 18.2 Å². The number of hydrogen-bond donors (Lipinski definition) is 0. The van der Waals surface area contributed by atoms with Crippen molar-refractivity contribution in [1.82, 2.24) is 5.16 Å². The molecule has 1 heterocycles. The van der Waals surface area contributed by atoms with Gasteiger partial charge in [-0.1, -0.05) is 41.6 Å². The molecule has 1 aromatic carbocycles.